The van der Waals surface area contributed by atoms with Crippen LogP contribution in [0.2, 0.25) is 0 Å². The number of nitrogens with zero attached hydrogens (tertiary/aromatic N) is 2. The number of amides is 2. The van der Waals surface area contributed by atoms with Crippen LogP contribution in [0.5, 0.6) is 0 Å². The number of hydrogen-bond donors (Lipinski definition) is 2. The first-order chi connectivity index (χ1) is 12.7. The van der Waals surface area contributed by atoms with Gasteiger partial charge in [0.1, 0.15) is 0 Å². The summed E-state index contributed by atoms with van der Waals surface area (Å²) in [6.07, 6.45) is 2.72. The number of para-hydroxylation sites is 1. The fourth-order valence-corrected chi connectivity index (χ4v) is 3.02. The molecular formula is C20H21N3O3. The van der Waals surface area contributed by atoms with Crippen LogP contribution >= 0.6 is 0 Å². The van der Waals surface area contributed by atoms with Crippen molar-refractivity contribution < 1.29 is 14.8 Å². The number of nitrogens with one attached hydrogen (secondary N) is 1. The number of anilines is 1. The maximum atomic E-state index is 12.9. The molecule has 1 fully saturated rings. The number of hydroxylamine groups is 1. The summed E-state index contributed by atoms with van der Waals surface area (Å²) in [6, 6.07) is 17.3. The number of carbonyl (C=O) groups is 2. The standard InChI is InChI=1S/C20H21N3O3/c24-19(21-26)11-10-16-6-4-5-9-18(16)20(25)23-14-12-22(13-15-23)17-7-2-1-3-8-17/h1-11,26H,12-15H2,(H,21,24)/b11-10+. The Bertz CT molecular complexity index is 797. The molecule has 0 radical (unpaired) electrons. The van der Waals surface area contributed by atoms with E-state index in [1.165, 1.54) is 12.2 Å². The van der Waals surface area contributed by atoms with E-state index in [0.717, 1.165) is 18.8 Å². The maximum Gasteiger partial charge on any atom is 0.267 e. The zero-order valence-electron chi connectivity index (χ0n) is 14.3. The van der Waals surface area contributed by atoms with Crippen molar-refractivity contribution in [2.45, 2.75) is 0 Å². The topological polar surface area (TPSA) is 72.9 Å². The molecule has 2 N–H and O–H groups in total. The van der Waals surface area contributed by atoms with Gasteiger partial charge in [0.05, 0.1) is 0 Å². The first-order valence-electron chi connectivity index (χ1n) is 8.49. The van der Waals surface area contributed by atoms with Crippen molar-refractivity contribution in [2.24, 2.45) is 0 Å². The Hall–Kier alpha value is -3.12. The van der Waals surface area contributed by atoms with Gasteiger partial charge < -0.3 is 9.80 Å². The molecule has 134 valence electrons. The van der Waals surface area contributed by atoms with Crippen molar-refractivity contribution in [1.82, 2.24) is 10.4 Å². The highest BCUT2D eigenvalue weighted by atomic mass is 16.5. The molecule has 0 aliphatic carbocycles. The highest BCUT2D eigenvalue weighted by molar-refractivity contribution is 5.99. The summed E-state index contributed by atoms with van der Waals surface area (Å²) in [4.78, 5) is 28.2. The van der Waals surface area contributed by atoms with Crippen molar-refractivity contribution in [3.05, 3.63) is 71.8 Å². The van der Waals surface area contributed by atoms with Gasteiger partial charge in [0.25, 0.3) is 11.8 Å². The molecule has 0 saturated carbocycles. The summed E-state index contributed by atoms with van der Waals surface area (Å²) in [5, 5.41) is 8.58. The molecule has 6 heteroatoms. The quantitative estimate of drug-likeness (QED) is 0.503. The average Bonchev–Trinajstić information content (AvgIpc) is 2.72. The minimum atomic E-state index is -0.635. The normalized spacial score (nSPS) is 14.5. The second-order valence-corrected chi connectivity index (χ2v) is 6.01. The van der Waals surface area contributed by atoms with Gasteiger partial charge in [0.2, 0.25) is 0 Å². The van der Waals surface area contributed by atoms with E-state index in [-0.39, 0.29) is 5.91 Å². The van der Waals surface area contributed by atoms with E-state index >= 15 is 0 Å². The van der Waals surface area contributed by atoms with Crippen molar-refractivity contribution in [2.75, 3.05) is 31.1 Å². The Labute approximate surface area is 152 Å². The molecule has 6 nitrogen and oxygen atoms in total. The van der Waals surface area contributed by atoms with E-state index in [0.29, 0.717) is 24.2 Å². The Balaban J connectivity index is 1.69. The summed E-state index contributed by atoms with van der Waals surface area (Å²) >= 11 is 0. The Morgan fingerprint density at radius 2 is 1.58 bits per heavy atom. The minimum Gasteiger partial charge on any atom is -0.368 e. The summed E-state index contributed by atoms with van der Waals surface area (Å²) in [5.41, 5.74) is 3.89. The predicted molar refractivity (Wildman–Crippen MR) is 100.0 cm³/mol. The van der Waals surface area contributed by atoms with Crippen LogP contribution in [0.1, 0.15) is 15.9 Å². The third kappa shape index (κ3) is 4.10. The van der Waals surface area contributed by atoms with Crippen LogP contribution in [0.4, 0.5) is 5.69 Å². The Kier molecular flexibility index (Phi) is 5.66. The van der Waals surface area contributed by atoms with E-state index in [9.17, 15) is 9.59 Å². The number of rotatable bonds is 4. The maximum absolute atomic E-state index is 12.9. The van der Waals surface area contributed by atoms with E-state index in [1.807, 2.05) is 23.1 Å². The summed E-state index contributed by atoms with van der Waals surface area (Å²) in [6.45, 7) is 2.84. The molecule has 1 heterocycles. The van der Waals surface area contributed by atoms with Gasteiger partial charge in [-0.15, -0.1) is 0 Å². The highest BCUT2D eigenvalue weighted by Crippen LogP contribution is 2.18. The van der Waals surface area contributed by atoms with Crippen molar-refractivity contribution in [3.8, 4) is 0 Å². The molecule has 2 aromatic carbocycles. The Morgan fingerprint density at radius 1 is 0.923 bits per heavy atom. The molecule has 1 aliphatic rings. The second-order valence-electron chi connectivity index (χ2n) is 6.01. The van der Waals surface area contributed by atoms with Crippen LogP contribution in [0.15, 0.2) is 60.7 Å². The van der Waals surface area contributed by atoms with E-state index in [1.54, 1.807) is 29.7 Å². The smallest absolute Gasteiger partial charge is 0.267 e. The van der Waals surface area contributed by atoms with Gasteiger partial charge in [-0.05, 0) is 29.8 Å². The van der Waals surface area contributed by atoms with Gasteiger partial charge in [-0.2, -0.15) is 0 Å². The molecular weight excluding hydrogens is 330 g/mol. The van der Waals surface area contributed by atoms with Gasteiger partial charge in [-0.3, -0.25) is 14.8 Å². The molecule has 0 atom stereocenters. The molecule has 0 aromatic heterocycles. The first kappa shape index (κ1) is 17.7. The third-order valence-corrected chi connectivity index (χ3v) is 4.40. The number of piperazine rings is 1. The van der Waals surface area contributed by atoms with E-state index in [2.05, 4.69) is 17.0 Å². The monoisotopic (exact) mass is 351 g/mol. The molecule has 3 rings (SSSR count). The van der Waals surface area contributed by atoms with E-state index < -0.39 is 5.91 Å². The van der Waals surface area contributed by atoms with Gasteiger partial charge in [0.15, 0.2) is 0 Å². The fourth-order valence-electron chi connectivity index (χ4n) is 3.02. The zero-order valence-corrected chi connectivity index (χ0v) is 14.3. The lowest BCUT2D eigenvalue weighted by atomic mass is 10.1. The van der Waals surface area contributed by atoms with Gasteiger partial charge in [0, 0.05) is 43.5 Å². The summed E-state index contributed by atoms with van der Waals surface area (Å²) in [5.74, 6) is -0.689. The lowest BCUT2D eigenvalue weighted by molar-refractivity contribution is -0.124. The molecule has 2 aromatic rings. The molecule has 2 amide bonds. The molecule has 0 spiro atoms. The first-order valence-corrected chi connectivity index (χ1v) is 8.49. The van der Waals surface area contributed by atoms with Crippen LogP contribution < -0.4 is 10.4 Å². The van der Waals surface area contributed by atoms with Crippen molar-refractivity contribution in [3.63, 3.8) is 0 Å². The average molecular weight is 351 g/mol. The number of benzene rings is 2. The summed E-state index contributed by atoms with van der Waals surface area (Å²) in [7, 11) is 0. The molecule has 0 bridgehead atoms. The van der Waals surface area contributed by atoms with Crippen LogP contribution in [-0.4, -0.2) is 48.1 Å². The lowest BCUT2D eigenvalue weighted by Crippen LogP contribution is -2.48. The largest absolute Gasteiger partial charge is 0.368 e. The van der Waals surface area contributed by atoms with Gasteiger partial charge in [-0.1, -0.05) is 36.4 Å². The van der Waals surface area contributed by atoms with Crippen molar-refractivity contribution in [1.29, 1.82) is 0 Å². The second kappa shape index (κ2) is 8.31. The van der Waals surface area contributed by atoms with Crippen LogP contribution in [-0.2, 0) is 4.79 Å². The van der Waals surface area contributed by atoms with Gasteiger partial charge >= 0.3 is 0 Å². The fraction of sp³-hybridized carbons (Fsp3) is 0.200. The number of hydrogen-bond acceptors (Lipinski definition) is 4. The molecule has 26 heavy (non-hydrogen) atoms. The van der Waals surface area contributed by atoms with Crippen LogP contribution in [0.25, 0.3) is 6.08 Å². The highest BCUT2D eigenvalue weighted by Gasteiger charge is 2.23. The van der Waals surface area contributed by atoms with E-state index in [4.69, 9.17) is 5.21 Å². The molecule has 0 unspecified atom stereocenters. The molecule has 1 aliphatic heterocycles. The number of carbonyl (C=O) groups excluding carboxylic acids is 2. The minimum absolute atomic E-state index is 0.0534. The molecule has 1 saturated heterocycles. The van der Waals surface area contributed by atoms with Crippen LogP contribution in [0.3, 0.4) is 0 Å². The zero-order chi connectivity index (χ0) is 18.4. The lowest BCUT2D eigenvalue weighted by Gasteiger charge is -2.36. The van der Waals surface area contributed by atoms with Crippen molar-refractivity contribution >= 4 is 23.6 Å². The van der Waals surface area contributed by atoms with Crippen LogP contribution in [0, 0.1) is 0 Å². The van der Waals surface area contributed by atoms with Gasteiger partial charge in [-0.25, -0.2) is 5.48 Å². The SMILES string of the molecule is O=C(/C=C/c1ccccc1C(=O)N1CCN(c2ccccc2)CC1)NO. The predicted octanol–water partition coefficient (Wildman–Crippen LogP) is 2.17. The third-order valence-electron chi connectivity index (χ3n) is 4.40. The summed E-state index contributed by atoms with van der Waals surface area (Å²) < 4.78 is 0. The Morgan fingerprint density at radius 3 is 2.27 bits per heavy atom.